The third-order valence-electron chi connectivity index (χ3n) is 1.62. The topological polar surface area (TPSA) is 43.8 Å². The number of rotatable bonds is 1. The monoisotopic (exact) mass is 150 g/mol. The summed E-state index contributed by atoms with van der Waals surface area (Å²) in [4.78, 5) is 0. The van der Waals surface area contributed by atoms with Crippen molar-refractivity contribution in [2.24, 2.45) is 5.64 Å². The van der Waals surface area contributed by atoms with Crippen molar-refractivity contribution in [2.45, 2.75) is 26.2 Å². The molecule has 4 heteroatoms. The largest absolute Gasteiger partial charge is 0.371 e. The van der Waals surface area contributed by atoms with E-state index >= 15 is 0 Å². The molecule has 3 nitrogen and oxygen atoms in total. The van der Waals surface area contributed by atoms with Crippen LogP contribution in [0.1, 0.15) is 26.3 Å². The maximum atomic E-state index is 5.28. The van der Waals surface area contributed by atoms with Crippen LogP contribution in [0.5, 0.6) is 0 Å². The predicted octanol–water partition coefficient (Wildman–Crippen LogP) is 0.522. The van der Waals surface area contributed by atoms with E-state index in [0.717, 1.165) is 0 Å². The van der Waals surface area contributed by atoms with Gasteiger partial charge in [-0.1, -0.05) is 20.8 Å². The minimum Gasteiger partial charge on any atom is -0.353 e. The van der Waals surface area contributed by atoms with E-state index in [9.17, 15) is 0 Å². The Morgan fingerprint density at radius 2 is 2.18 bits per heavy atom. The van der Waals surface area contributed by atoms with Gasteiger partial charge >= 0.3 is 7.55 Å². The highest BCUT2D eigenvalue weighted by atomic mass is 15.2. The number of aromatic nitrogens is 2. The molecule has 0 amide bonds. The Morgan fingerprint density at radius 3 is 2.45 bits per heavy atom. The minimum absolute atomic E-state index is 0.154. The Bertz CT molecular complexity index is 236. The molecule has 0 atom stereocenters. The summed E-state index contributed by atoms with van der Waals surface area (Å²) in [5.41, 5.74) is 6.63. The van der Waals surface area contributed by atoms with Crippen LogP contribution >= 0.6 is 0 Å². The molecule has 2 N–H and O–H groups in total. The van der Waals surface area contributed by atoms with E-state index in [4.69, 9.17) is 5.64 Å². The Morgan fingerprint density at radius 1 is 1.55 bits per heavy atom. The van der Waals surface area contributed by atoms with Crippen molar-refractivity contribution in [3.05, 3.63) is 18.0 Å². The highest BCUT2D eigenvalue weighted by Gasteiger charge is 2.14. The molecule has 0 aromatic carbocycles. The van der Waals surface area contributed by atoms with E-state index in [-0.39, 0.29) is 5.41 Å². The molecule has 0 fully saturated rings. The molecule has 0 unspecified atom stereocenters. The Hall–Kier alpha value is -0.765. The number of hydrogen-bond donors (Lipinski definition) is 1. The van der Waals surface area contributed by atoms with E-state index in [1.54, 1.807) is 4.59 Å². The van der Waals surface area contributed by atoms with Gasteiger partial charge in [-0.2, -0.15) is 5.10 Å². The summed E-state index contributed by atoms with van der Waals surface area (Å²) in [5.74, 6) is 0. The first kappa shape index (κ1) is 8.33. The van der Waals surface area contributed by atoms with Gasteiger partial charge in [0.15, 0.2) is 0 Å². The molecule has 1 aromatic heterocycles. The highest BCUT2D eigenvalue weighted by molar-refractivity contribution is 6.28. The fourth-order valence-corrected chi connectivity index (χ4v) is 0.807. The molecule has 59 valence electrons. The third kappa shape index (κ3) is 1.83. The average molecular weight is 150 g/mol. The lowest BCUT2D eigenvalue weighted by molar-refractivity contribution is 0.590. The zero-order valence-corrected chi connectivity index (χ0v) is 7.20. The summed E-state index contributed by atoms with van der Waals surface area (Å²) >= 11 is 0. The van der Waals surface area contributed by atoms with Crippen molar-refractivity contribution < 1.29 is 0 Å². The van der Waals surface area contributed by atoms with Crippen LogP contribution < -0.4 is 5.64 Å². The van der Waals surface area contributed by atoms with E-state index in [1.165, 1.54) is 13.1 Å². The van der Waals surface area contributed by atoms with Crippen molar-refractivity contribution >= 4 is 7.55 Å². The van der Waals surface area contributed by atoms with Gasteiger partial charge in [-0.05, 0) is 11.0 Å². The molecule has 0 spiro atoms. The van der Waals surface area contributed by atoms with Crippen LogP contribution in [0.4, 0.5) is 0 Å². The molecule has 0 aliphatic rings. The normalized spacial score (nSPS) is 11.6. The van der Waals surface area contributed by atoms with Gasteiger partial charge in [0.05, 0.1) is 6.20 Å². The van der Waals surface area contributed by atoms with Gasteiger partial charge in [0.2, 0.25) is 0 Å². The summed E-state index contributed by atoms with van der Waals surface area (Å²) in [6, 6.07) is 0. The highest BCUT2D eigenvalue weighted by Crippen LogP contribution is 2.20. The first-order valence-electron chi connectivity index (χ1n) is 3.64. The molecule has 1 heterocycles. The fraction of sp³-hybridized carbons (Fsp3) is 0.571. The zero-order valence-electron chi connectivity index (χ0n) is 7.20. The molecule has 0 aliphatic heterocycles. The van der Waals surface area contributed by atoms with Gasteiger partial charge in [-0.25, -0.2) is 0 Å². The maximum Gasteiger partial charge on any atom is 0.371 e. The van der Waals surface area contributed by atoms with Crippen LogP contribution in [0.3, 0.4) is 0 Å². The lowest BCUT2D eigenvalue weighted by atomic mass is 9.90. The molecular formula is C7H13BN3. The fourth-order valence-electron chi connectivity index (χ4n) is 0.807. The Kier molecular flexibility index (Phi) is 2.04. The maximum absolute atomic E-state index is 5.28. The first-order chi connectivity index (χ1) is 5.04. The molecule has 11 heavy (non-hydrogen) atoms. The third-order valence-corrected chi connectivity index (χ3v) is 1.62. The Labute approximate surface area is 67.9 Å². The number of nitrogens with two attached hydrogens (primary N) is 1. The van der Waals surface area contributed by atoms with Crippen molar-refractivity contribution in [2.75, 3.05) is 0 Å². The summed E-state index contributed by atoms with van der Waals surface area (Å²) in [5, 5.41) is 4.04. The van der Waals surface area contributed by atoms with Crippen LogP contribution in [0.15, 0.2) is 12.4 Å². The zero-order chi connectivity index (χ0) is 8.48. The predicted molar refractivity (Wildman–Crippen MR) is 46.3 cm³/mol. The first-order valence-corrected chi connectivity index (χ1v) is 3.64. The quantitative estimate of drug-likeness (QED) is 0.593. The number of hydrogen-bond acceptors (Lipinski definition) is 2. The van der Waals surface area contributed by atoms with Crippen molar-refractivity contribution in [3.63, 3.8) is 0 Å². The van der Waals surface area contributed by atoms with E-state index in [2.05, 4.69) is 25.9 Å². The van der Waals surface area contributed by atoms with Gasteiger partial charge in [0.25, 0.3) is 0 Å². The lowest BCUT2D eigenvalue weighted by Gasteiger charge is -2.14. The van der Waals surface area contributed by atoms with Crippen molar-refractivity contribution in [3.8, 4) is 0 Å². The summed E-state index contributed by atoms with van der Waals surface area (Å²) in [6.07, 6.45) is 3.77. The molecule has 0 saturated carbocycles. The average Bonchev–Trinajstić information content (AvgIpc) is 2.32. The van der Waals surface area contributed by atoms with E-state index < -0.39 is 0 Å². The van der Waals surface area contributed by atoms with Gasteiger partial charge < -0.3 is 10.2 Å². The smallest absolute Gasteiger partial charge is 0.353 e. The van der Waals surface area contributed by atoms with Gasteiger partial charge in [-0.3, -0.25) is 0 Å². The molecular weight excluding hydrogens is 137 g/mol. The second-order valence-corrected chi connectivity index (χ2v) is 3.61. The standard InChI is InChI=1S/C7H13BN3/c1-7(2,3)6-4-10-11(5-6)8-9/h4-5H,9H2,1-3H3. The molecule has 1 rings (SSSR count). The molecule has 0 aliphatic carbocycles. The van der Waals surface area contributed by atoms with Crippen LogP contribution in [0.2, 0.25) is 0 Å². The van der Waals surface area contributed by atoms with Crippen LogP contribution in [0, 0.1) is 0 Å². The molecule has 0 saturated heterocycles. The number of nitrogens with zero attached hydrogens (tertiary/aromatic N) is 2. The summed E-state index contributed by atoms with van der Waals surface area (Å²) in [6.45, 7) is 6.43. The summed E-state index contributed by atoms with van der Waals surface area (Å²) in [7, 11) is 1.44. The van der Waals surface area contributed by atoms with E-state index in [1.807, 2.05) is 12.4 Å². The Balaban J connectivity index is 2.89. The SMILES string of the molecule is CC(C)(C)c1cnn([B]N)c1. The van der Waals surface area contributed by atoms with Crippen LogP contribution in [-0.2, 0) is 5.41 Å². The second-order valence-electron chi connectivity index (χ2n) is 3.61. The lowest BCUT2D eigenvalue weighted by Crippen LogP contribution is -2.17. The minimum atomic E-state index is 0.154. The van der Waals surface area contributed by atoms with Gasteiger partial charge in [0, 0.05) is 6.20 Å². The van der Waals surface area contributed by atoms with Crippen molar-refractivity contribution in [1.29, 1.82) is 0 Å². The molecule has 0 bridgehead atoms. The van der Waals surface area contributed by atoms with Gasteiger partial charge in [0.1, 0.15) is 0 Å². The second kappa shape index (κ2) is 2.70. The van der Waals surface area contributed by atoms with Crippen LogP contribution in [-0.4, -0.2) is 17.2 Å². The van der Waals surface area contributed by atoms with Crippen molar-refractivity contribution in [1.82, 2.24) is 9.69 Å². The molecule has 1 radical (unpaired) electrons. The molecule has 1 aromatic rings. The van der Waals surface area contributed by atoms with Crippen LogP contribution in [0.25, 0.3) is 0 Å². The summed E-state index contributed by atoms with van der Waals surface area (Å²) < 4.78 is 1.61. The van der Waals surface area contributed by atoms with E-state index in [0.29, 0.717) is 0 Å². The van der Waals surface area contributed by atoms with Gasteiger partial charge in [-0.15, -0.1) is 0 Å².